The lowest BCUT2D eigenvalue weighted by Gasteiger charge is -2.11. The van der Waals surface area contributed by atoms with Gasteiger partial charge in [0.1, 0.15) is 0 Å². The lowest BCUT2D eigenvalue weighted by atomic mass is 10.0. The SMILES string of the molecule is CC(C)C(N)Cc1nc(-c2nccn2C)no1. The summed E-state index contributed by atoms with van der Waals surface area (Å²) < 4.78 is 7.01. The van der Waals surface area contributed by atoms with Gasteiger partial charge in [-0.1, -0.05) is 19.0 Å². The monoisotopic (exact) mass is 235 g/mol. The van der Waals surface area contributed by atoms with Gasteiger partial charge >= 0.3 is 0 Å². The highest BCUT2D eigenvalue weighted by Crippen LogP contribution is 2.14. The van der Waals surface area contributed by atoms with E-state index in [0.29, 0.717) is 29.9 Å². The molecule has 0 amide bonds. The van der Waals surface area contributed by atoms with Crippen LogP contribution in [0.2, 0.25) is 0 Å². The number of hydrogen-bond donors (Lipinski definition) is 1. The third-order valence-corrected chi connectivity index (χ3v) is 2.76. The van der Waals surface area contributed by atoms with Gasteiger partial charge in [0.25, 0.3) is 0 Å². The Labute approximate surface area is 99.8 Å². The Morgan fingerprint density at radius 2 is 2.24 bits per heavy atom. The van der Waals surface area contributed by atoms with E-state index >= 15 is 0 Å². The summed E-state index contributed by atoms with van der Waals surface area (Å²) in [7, 11) is 1.89. The standard InChI is InChI=1S/C11H17N5O/c1-7(2)8(12)6-9-14-10(15-17-9)11-13-4-5-16(11)3/h4-5,7-8H,6,12H2,1-3H3. The van der Waals surface area contributed by atoms with E-state index in [0.717, 1.165) is 0 Å². The largest absolute Gasteiger partial charge is 0.339 e. The third-order valence-electron chi connectivity index (χ3n) is 2.76. The molecule has 0 aliphatic rings. The van der Waals surface area contributed by atoms with Crippen LogP contribution in [-0.4, -0.2) is 25.7 Å². The van der Waals surface area contributed by atoms with Gasteiger partial charge in [-0.25, -0.2) is 4.98 Å². The highest BCUT2D eigenvalue weighted by atomic mass is 16.5. The summed E-state index contributed by atoms with van der Waals surface area (Å²) in [5.74, 6) is 2.14. The van der Waals surface area contributed by atoms with E-state index < -0.39 is 0 Å². The number of rotatable bonds is 4. The molecule has 0 aliphatic heterocycles. The summed E-state index contributed by atoms with van der Waals surface area (Å²) in [5, 5.41) is 3.91. The zero-order valence-corrected chi connectivity index (χ0v) is 10.3. The van der Waals surface area contributed by atoms with Crippen molar-refractivity contribution in [2.45, 2.75) is 26.3 Å². The number of nitrogens with zero attached hydrogens (tertiary/aromatic N) is 4. The molecule has 17 heavy (non-hydrogen) atoms. The van der Waals surface area contributed by atoms with Crippen LogP contribution >= 0.6 is 0 Å². The van der Waals surface area contributed by atoms with Gasteiger partial charge in [0, 0.05) is 31.9 Å². The van der Waals surface area contributed by atoms with Crippen LogP contribution in [0.4, 0.5) is 0 Å². The molecule has 6 heteroatoms. The minimum Gasteiger partial charge on any atom is -0.339 e. The van der Waals surface area contributed by atoms with Crippen molar-refractivity contribution >= 4 is 0 Å². The number of aryl methyl sites for hydroxylation is 1. The molecular weight excluding hydrogens is 218 g/mol. The predicted molar refractivity (Wildman–Crippen MR) is 63.0 cm³/mol. The van der Waals surface area contributed by atoms with E-state index in [9.17, 15) is 0 Å². The summed E-state index contributed by atoms with van der Waals surface area (Å²) in [5.41, 5.74) is 5.96. The average molecular weight is 235 g/mol. The molecule has 0 aliphatic carbocycles. The highest BCUT2D eigenvalue weighted by Gasteiger charge is 2.16. The van der Waals surface area contributed by atoms with Gasteiger partial charge in [-0.2, -0.15) is 4.98 Å². The number of hydrogen-bond acceptors (Lipinski definition) is 5. The quantitative estimate of drug-likeness (QED) is 0.854. The van der Waals surface area contributed by atoms with E-state index in [2.05, 4.69) is 29.0 Å². The molecule has 0 bridgehead atoms. The molecule has 1 atom stereocenters. The maximum absolute atomic E-state index is 5.96. The smallest absolute Gasteiger partial charge is 0.238 e. The topological polar surface area (TPSA) is 82.8 Å². The molecule has 0 aromatic carbocycles. The van der Waals surface area contributed by atoms with Crippen molar-refractivity contribution < 1.29 is 4.52 Å². The van der Waals surface area contributed by atoms with Crippen molar-refractivity contribution in [1.82, 2.24) is 19.7 Å². The first-order chi connectivity index (χ1) is 8.08. The Hall–Kier alpha value is -1.69. The molecule has 6 nitrogen and oxygen atoms in total. The molecule has 0 spiro atoms. The molecule has 0 radical (unpaired) electrons. The third kappa shape index (κ3) is 2.52. The van der Waals surface area contributed by atoms with Gasteiger partial charge in [-0.3, -0.25) is 0 Å². The summed E-state index contributed by atoms with van der Waals surface area (Å²) >= 11 is 0. The zero-order chi connectivity index (χ0) is 12.4. The molecule has 2 rings (SSSR count). The van der Waals surface area contributed by atoms with Crippen molar-refractivity contribution in [3.63, 3.8) is 0 Å². The molecule has 92 valence electrons. The van der Waals surface area contributed by atoms with Crippen molar-refractivity contribution in [3.8, 4) is 11.6 Å². The molecule has 0 saturated carbocycles. The van der Waals surface area contributed by atoms with Gasteiger partial charge in [-0.15, -0.1) is 0 Å². The Morgan fingerprint density at radius 1 is 1.47 bits per heavy atom. The Balaban J connectivity index is 2.14. The minimum atomic E-state index is 0.0321. The number of aromatic nitrogens is 4. The van der Waals surface area contributed by atoms with E-state index in [1.807, 2.05) is 17.8 Å². The predicted octanol–water partition coefficient (Wildman–Crippen LogP) is 0.996. The number of imidazole rings is 1. The summed E-state index contributed by atoms with van der Waals surface area (Å²) in [6.45, 7) is 4.14. The fourth-order valence-corrected chi connectivity index (χ4v) is 1.45. The first kappa shape index (κ1) is 11.8. The molecule has 1 unspecified atom stereocenters. The van der Waals surface area contributed by atoms with Crippen LogP contribution in [0.5, 0.6) is 0 Å². The lowest BCUT2D eigenvalue weighted by Crippen LogP contribution is -2.28. The Bertz CT molecular complexity index is 488. The highest BCUT2D eigenvalue weighted by molar-refractivity contribution is 5.42. The molecule has 0 saturated heterocycles. The van der Waals surface area contributed by atoms with Crippen LogP contribution in [0.3, 0.4) is 0 Å². The van der Waals surface area contributed by atoms with Crippen molar-refractivity contribution in [3.05, 3.63) is 18.3 Å². The molecule has 0 fully saturated rings. The Kier molecular flexibility index (Phi) is 3.23. The number of nitrogens with two attached hydrogens (primary N) is 1. The Morgan fingerprint density at radius 3 is 2.82 bits per heavy atom. The normalized spacial score (nSPS) is 13.2. The van der Waals surface area contributed by atoms with Crippen LogP contribution in [-0.2, 0) is 13.5 Å². The summed E-state index contributed by atoms with van der Waals surface area (Å²) in [6.07, 6.45) is 4.13. The van der Waals surface area contributed by atoms with E-state index in [1.54, 1.807) is 6.20 Å². The molecule has 2 heterocycles. The fourth-order valence-electron chi connectivity index (χ4n) is 1.45. The second kappa shape index (κ2) is 4.67. The zero-order valence-electron chi connectivity index (χ0n) is 10.3. The van der Waals surface area contributed by atoms with Gasteiger partial charge in [0.05, 0.1) is 0 Å². The van der Waals surface area contributed by atoms with Crippen LogP contribution in [0.15, 0.2) is 16.9 Å². The molecule has 2 aromatic heterocycles. The van der Waals surface area contributed by atoms with Crippen molar-refractivity contribution in [2.75, 3.05) is 0 Å². The van der Waals surface area contributed by atoms with Crippen LogP contribution in [0.25, 0.3) is 11.6 Å². The van der Waals surface area contributed by atoms with E-state index in [-0.39, 0.29) is 6.04 Å². The summed E-state index contributed by atoms with van der Waals surface area (Å²) in [4.78, 5) is 8.46. The van der Waals surface area contributed by atoms with Gasteiger partial charge in [0.2, 0.25) is 11.7 Å². The first-order valence-electron chi connectivity index (χ1n) is 5.63. The average Bonchev–Trinajstić information content (AvgIpc) is 2.86. The van der Waals surface area contributed by atoms with E-state index in [1.165, 1.54) is 0 Å². The van der Waals surface area contributed by atoms with Gasteiger partial charge < -0.3 is 14.8 Å². The van der Waals surface area contributed by atoms with Crippen LogP contribution in [0, 0.1) is 5.92 Å². The van der Waals surface area contributed by atoms with E-state index in [4.69, 9.17) is 10.3 Å². The summed E-state index contributed by atoms with van der Waals surface area (Å²) in [6, 6.07) is 0.0321. The fraction of sp³-hybridized carbons (Fsp3) is 0.545. The minimum absolute atomic E-state index is 0.0321. The maximum Gasteiger partial charge on any atom is 0.238 e. The van der Waals surface area contributed by atoms with Crippen LogP contribution in [0.1, 0.15) is 19.7 Å². The molecule has 2 aromatic rings. The molecule has 2 N–H and O–H groups in total. The molecular formula is C11H17N5O. The van der Waals surface area contributed by atoms with Gasteiger partial charge in [0.15, 0.2) is 5.82 Å². The first-order valence-corrected chi connectivity index (χ1v) is 5.63. The second-order valence-corrected chi connectivity index (χ2v) is 4.49. The maximum atomic E-state index is 5.96. The lowest BCUT2D eigenvalue weighted by molar-refractivity contribution is 0.353. The van der Waals surface area contributed by atoms with Crippen LogP contribution < -0.4 is 5.73 Å². The van der Waals surface area contributed by atoms with Crippen molar-refractivity contribution in [2.24, 2.45) is 18.7 Å². The van der Waals surface area contributed by atoms with Crippen molar-refractivity contribution in [1.29, 1.82) is 0 Å². The van der Waals surface area contributed by atoms with Gasteiger partial charge in [-0.05, 0) is 5.92 Å². The second-order valence-electron chi connectivity index (χ2n) is 4.49.